The Labute approximate surface area is 117 Å². The molecule has 0 spiro atoms. The van der Waals surface area contributed by atoms with Gasteiger partial charge in [-0.2, -0.15) is 0 Å². The number of carbonyl (C=O) groups is 1. The van der Waals surface area contributed by atoms with Gasteiger partial charge in [0.1, 0.15) is 11.6 Å². The van der Waals surface area contributed by atoms with Gasteiger partial charge in [0.25, 0.3) is 5.91 Å². The lowest BCUT2D eigenvalue weighted by Crippen LogP contribution is -2.42. The molecule has 1 N–H and O–H groups in total. The Kier molecular flexibility index (Phi) is 5.76. The van der Waals surface area contributed by atoms with Gasteiger partial charge in [-0.25, -0.2) is 4.39 Å². The van der Waals surface area contributed by atoms with Crippen molar-refractivity contribution >= 4 is 5.91 Å². The summed E-state index contributed by atoms with van der Waals surface area (Å²) < 4.78 is 23.4. The lowest BCUT2D eigenvalue weighted by molar-refractivity contribution is -0.123. The van der Waals surface area contributed by atoms with E-state index in [0.29, 0.717) is 12.3 Å². The molecule has 0 unspecified atom stereocenters. The van der Waals surface area contributed by atoms with Crippen LogP contribution in [-0.2, 0) is 9.53 Å². The van der Waals surface area contributed by atoms with Crippen LogP contribution in [0, 0.1) is 5.82 Å². The Bertz CT molecular complexity index is 436. The van der Waals surface area contributed by atoms with Crippen LogP contribution in [-0.4, -0.2) is 56.8 Å². The van der Waals surface area contributed by atoms with Crippen molar-refractivity contribution in [2.45, 2.75) is 0 Å². The van der Waals surface area contributed by atoms with Crippen molar-refractivity contribution in [3.8, 4) is 5.75 Å². The van der Waals surface area contributed by atoms with E-state index in [4.69, 9.17) is 9.47 Å². The minimum absolute atomic E-state index is 0.105. The van der Waals surface area contributed by atoms with Gasteiger partial charge < -0.3 is 14.8 Å². The van der Waals surface area contributed by atoms with E-state index >= 15 is 0 Å². The van der Waals surface area contributed by atoms with Crippen molar-refractivity contribution in [2.75, 3.05) is 46.0 Å². The number of halogens is 1. The Balaban J connectivity index is 1.60. The van der Waals surface area contributed by atoms with Crippen LogP contribution < -0.4 is 10.1 Å². The molecule has 6 heteroatoms. The lowest BCUT2D eigenvalue weighted by atomic mass is 10.3. The first-order valence-corrected chi connectivity index (χ1v) is 6.69. The summed E-state index contributed by atoms with van der Waals surface area (Å²) in [6, 6.07) is 5.74. The molecule has 1 fully saturated rings. The van der Waals surface area contributed by atoms with Gasteiger partial charge in [0.2, 0.25) is 0 Å². The summed E-state index contributed by atoms with van der Waals surface area (Å²) in [5, 5.41) is 2.77. The van der Waals surface area contributed by atoms with Crippen LogP contribution >= 0.6 is 0 Å². The molecule has 1 amide bonds. The molecule has 1 aliphatic heterocycles. The van der Waals surface area contributed by atoms with Crippen LogP contribution in [0.25, 0.3) is 0 Å². The van der Waals surface area contributed by atoms with Crippen LogP contribution in [0.15, 0.2) is 24.3 Å². The van der Waals surface area contributed by atoms with Crippen LogP contribution in [0.4, 0.5) is 4.39 Å². The number of amides is 1. The molecule has 0 saturated carbocycles. The maximum Gasteiger partial charge on any atom is 0.257 e. The van der Waals surface area contributed by atoms with E-state index in [-0.39, 0.29) is 18.3 Å². The van der Waals surface area contributed by atoms with Crippen molar-refractivity contribution in [1.82, 2.24) is 10.2 Å². The second kappa shape index (κ2) is 7.81. The first-order chi connectivity index (χ1) is 9.74. The Morgan fingerprint density at radius 2 is 2.20 bits per heavy atom. The van der Waals surface area contributed by atoms with E-state index in [1.165, 1.54) is 12.1 Å². The first kappa shape index (κ1) is 14.7. The van der Waals surface area contributed by atoms with E-state index in [0.717, 1.165) is 32.8 Å². The van der Waals surface area contributed by atoms with Gasteiger partial charge in [-0.15, -0.1) is 0 Å². The van der Waals surface area contributed by atoms with Gasteiger partial charge in [-0.05, 0) is 12.1 Å². The molecule has 1 aromatic rings. The van der Waals surface area contributed by atoms with Crippen molar-refractivity contribution in [1.29, 1.82) is 0 Å². The number of rotatable bonds is 6. The zero-order valence-corrected chi connectivity index (χ0v) is 11.3. The number of ether oxygens (including phenoxy) is 2. The summed E-state index contributed by atoms with van der Waals surface area (Å²) in [5.74, 6) is -0.230. The fourth-order valence-corrected chi connectivity index (χ4v) is 1.93. The summed E-state index contributed by atoms with van der Waals surface area (Å²) >= 11 is 0. The largest absolute Gasteiger partial charge is 0.484 e. The highest BCUT2D eigenvalue weighted by molar-refractivity contribution is 5.77. The molecule has 0 aromatic heterocycles. The van der Waals surface area contributed by atoms with Gasteiger partial charge in [0.15, 0.2) is 6.61 Å². The standard InChI is InChI=1S/C14H19FN2O3/c15-12-2-1-3-13(10-12)20-11-14(18)16-4-5-17-6-8-19-9-7-17/h1-3,10H,4-9,11H2,(H,16,18). The molecular formula is C14H19FN2O3. The molecule has 1 heterocycles. The third-order valence-corrected chi connectivity index (χ3v) is 3.02. The van der Waals surface area contributed by atoms with Crippen LogP contribution in [0.1, 0.15) is 0 Å². The van der Waals surface area contributed by atoms with Crippen molar-refractivity contribution in [2.24, 2.45) is 0 Å². The molecule has 0 radical (unpaired) electrons. The Morgan fingerprint density at radius 3 is 2.95 bits per heavy atom. The summed E-state index contributed by atoms with van der Waals surface area (Å²) in [4.78, 5) is 13.8. The summed E-state index contributed by atoms with van der Waals surface area (Å²) in [7, 11) is 0. The average molecular weight is 282 g/mol. The second-order valence-corrected chi connectivity index (χ2v) is 4.55. The molecule has 0 aliphatic carbocycles. The fraction of sp³-hybridized carbons (Fsp3) is 0.500. The smallest absolute Gasteiger partial charge is 0.257 e. The average Bonchev–Trinajstić information content (AvgIpc) is 2.46. The number of benzene rings is 1. The zero-order chi connectivity index (χ0) is 14.2. The maximum absolute atomic E-state index is 12.9. The van der Waals surface area contributed by atoms with E-state index in [1.807, 2.05) is 0 Å². The summed E-state index contributed by atoms with van der Waals surface area (Å²) in [6.45, 7) is 4.56. The van der Waals surface area contributed by atoms with Crippen LogP contribution in [0.3, 0.4) is 0 Å². The van der Waals surface area contributed by atoms with Gasteiger partial charge in [0.05, 0.1) is 13.2 Å². The zero-order valence-electron chi connectivity index (χ0n) is 11.3. The third-order valence-electron chi connectivity index (χ3n) is 3.02. The predicted octanol–water partition coefficient (Wildman–Crippen LogP) is 0.653. The Morgan fingerprint density at radius 1 is 1.40 bits per heavy atom. The summed E-state index contributed by atoms with van der Waals surface area (Å²) in [6.07, 6.45) is 0. The molecule has 2 rings (SSSR count). The number of morpholine rings is 1. The highest BCUT2D eigenvalue weighted by atomic mass is 19.1. The molecule has 1 aromatic carbocycles. The number of carbonyl (C=O) groups excluding carboxylic acids is 1. The molecular weight excluding hydrogens is 263 g/mol. The van der Waals surface area contributed by atoms with Gasteiger partial charge in [0, 0.05) is 32.2 Å². The number of hydrogen-bond acceptors (Lipinski definition) is 4. The monoisotopic (exact) mass is 282 g/mol. The number of nitrogens with one attached hydrogen (secondary N) is 1. The van der Waals surface area contributed by atoms with Crippen molar-refractivity contribution in [3.63, 3.8) is 0 Å². The Hall–Kier alpha value is -1.66. The van der Waals surface area contributed by atoms with Crippen LogP contribution in [0.5, 0.6) is 5.75 Å². The molecule has 0 bridgehead atoms. The van der Waals surface area contributed by atoms with Crippen LogP contribution in [0.2, 0.25) is 0 Å². The molecule has 20 heavy (non-hydrogen) atoms. The second-order valence-electron chi connectivity index (χ2n) is 4.55. The normalized spacial score (nSPS) is 15.8. The number of hydrogen-bond donors (Lipinski definition) is 1. The van der Waals surface area contributed by atoms with Gasteiger partial charge in [-0.1, -0.05) is 6.07 Å². The highest BCUT2D eigenvalue weighted by Gasteiger charge is 2.10. The fourth-order valence-electron chi connectivity index (χ4n) is 1.93. The molecule has 110 valence electrons. The van der Waals surface area contributed by atoms with Gasteiger partial charge in [-0.3, -0.25) is 9.69 Å². The lowest BCUT2D eigenvalue weighted by Gasteiger charge is -2.26. The van der Waals surface area contributed by atoms with E-state index < -0.39 is 0 Å². The minimum Gasteiger partial charge on any atom is -0.484 e. The van der Waals surface area contributed by atoms with Crippen molar-refractivity contribution < 1.29 is 18.7 Å². The molecule has 1 saturated heterocycles. The SMILES string of the molecule is O=C(COc1cccc(F)c1)NCCN1CCOCC1. The molecule has 0 atom stereocenters. The van der Waals surface area contributed by atoms with Gasteiger partial charge >= 0.3 is 0 Å². The van der Waals surface area contributed by atoms with E-state index in [1.54, 1.807) is 12.1 Å². The van der Waals surface area contributed by atoms with E-state index in [2.05, 4.69) is 10.2 Å². The third kappa shape index (κ3) is 5.14. The quantitative estimate of drug-likeness (QED) is 0.832. The highest BCUT2D eigenvalue weighted by Crippen LogP contribution is 2.11. The minimum atomic E-state index is -0.379. The maximum atomic E-state index is 12.9. The molecule has 1 aliphatic rings. The number of nitrogens with zero attached hydrogens (tertiary/aromatic N) is 1. The first-order valence-electron chi connectivity index (χ1n) is 6.69. The topological polar surface area (TPSA) is 50.8 Å². The van der Waals surface area contributed by atoms with E-state index in [9.17, 15) is 9.18 Å². The van der Waals surface area contributed by atoms with Crippen molar-refractivity contribution in [3.05, 3.63) is 30.1 Å². The summed E-state index contributed by atoms with van der Waals surface area (Å²) in [5.41, 5.74) is 0. The predicted molar refractivity (Wildman–Crippen MR) is 72.2 cm³/mol. The molecule has 5 nitrogen and oxygen atoms in total.